The molecule has 1 saturated heterocycles. The number of ether oxygens (including phenoxy) is 1. The zero-order valence-corrected chi connectivity index (χ0v) is 17.6. The average Bonchev–Trinajstić information content (AvgIpc) is 2.74. The van der Waals surface area contributed by atoms with Gasteiger partial charge in [-0.3, -0.25) is 19.1 Å². The summed E-state index contributed by atoms with van der Waals surface area (Å²) >= 11 is 0. The number of alkyl halides is 3. The molecule has 2 aliphatic rings. The van der Waals surface area contributed by atoms with Crippen molar-refractivity contribution in [3.8, 4) is 0 Å². The Morgan fingerprint density at radius 1 is 1.28 bits per heavy atom. The number of hydrogen-bond donors (Lipinski definition) is 0. The number of halogens is 3. The third-order valence-electron chi connectivity index (χ3n) is 5.72. The maximum atomic E-state index is 13.9. The molecule has 0 bridgehead atoms. The van der Waals surface area contributed by atoms with Crippen molar-refractivity contribution >= 4 is 17.5 Å². The molecule has 4 rings (SSSR count). The lowest BCUT2D eigenvalue weighted by Crippen LogP contribution is -2.54. The van der Waals surface area contributed by atoms with E-state index in [1.54, 1.807) is 18.2 Å². The van der Waals surface area contributed by atoms with Crippen molar-refractivity contribution in [3.05, 3.63) is 46.5 Å². The number of anilines is 2. The van der Waals surface area contributed by atoms with Gasteiger partial charge in [-0.1, -0.05) is 6.07 Å². The molecule has 0 aliphatic carbocycles. The summed E-state index contributed by atoms with van der Waals surface area (Å²) in [5.41, 5.74) is 0.0331. The zero-order valence-electron chi connectivity index (χ0n) is 17.6. The summed E-state index contributed by atoms with van der Waals surface area (Å²) in [5.74, 6) is -0.276. The molecular formula is C21H24F3N5O3. The summed E-state index contributed by atoms with van der Waals surface area (Å²) in [4.78, 5) is 36.8. The molecule has 0 amide bonds. The maximum absolute atomic E-state index is 13.9. The van der Waals surface area contributed by atoms with Crippen LogP contribution in [0.2, 0.25) is 0 Å². The number of fused-ring (bicyclic) bond motifs is 1. The summed E-state index contributed by atoms with van der Waals surface area (Å²) in [5, 5.41) is 0. The number of Topliss-reactive ketones (excluding diaryl/α,β-unsaturated/α-hetero) is 1. The Labute approximate surface area is 182 Å². The summed E-state index contributed by atoms with van der Waals surface area (Å²) in [6.45, 7) is 2.59. The molecular weight excluding hydrogens is 427 g/mol. The molecule has 32 heavy (non-hydrogen) atoms. The minimum atomic E-state index is -4.57. The van der Waals surface area contributed by atoms with Crippen LogP contribution in [0.5, 0.6) is 0 Å². The minimum absolute atomic E-state index is 0.0834. The normalized spacial score (nSPS) is 21.4. The van der Waals surface area contributed by atoms with Crippen molar-refractivity contribution in [2.24, 2.45) is 0 Å². The fourth-order valence-electron chi connectivity index (χ4n) is 4.14. The number of pyridine rings is 1. The molecule has 2 atom stereocenters. The molecule has 0 spiro atoms. The van der Waals surface area contributed by atoms with Crippen LogP contribution in [-0.4, -0.2) is 64.9 Å². The number of carbonyl (C=O) groups excluding carboxylic acids is 1. The van der Waals surface area contributed by atoms with Crippen molar-refractivity contribution in [2.75, 3.05) is 36.1 Å². The summed E-state index contributed by atoms with van der Waals surface area (Å²) < 4.78 is 48.2. The number of hydrogen-bond acceptors (Lipinski definition) is 7. The van der Waals surface area contributed by atoms with Gasteiger partial charge < -0.3 is 14.5 Å². The highest BCUT2D eigenvalue weighted by Crippen LogP contribution is 2.34. The predicted octanol–water partition coefficient (Wildman–Crippen LogP) is 1.82. The van der Waals surface area contributed by atoms with Crippen molar-refractivity contribution in [1.29, 1.82) is 0 Å². The number of morpholine rings is 1. The third kappa shape index (κ3) is 4.62. The van der Waals surface area contributed by atoms with Gasteiger partial charge in [0, 0.05) is 31.0 Å². The third-order valence-corrected chi connectivity index (χ3v) is 5.72. The second kappa shape index (κ2) is 8.89. The smallest absolute Gasteiger partial charge is 0.377 e. The van der Waals surface area contributed by atoms with Crippen molar-refractivity contribution in [3.63, 3.8) is 0 Å². The largest absolute Gasteiger partial charge is 0.408 e. The molecule has 2 aromatic rings. The SMILES string of the molecule is CC1COCCN1c1cc(=O)n2c(n1)N(CC(=O)Cc1ccccn1)C(C(F)(F)F)CC2. The maximum Gasteiger partial charge on any atom is 0.408 e. The first-order chi connectivity index (χ1) is 15.2. The highest BCUT2D eigenvalue weighted by molar-refractivity contribution is 5.85. The van der Waals surface area contributed by atoms with Gasteiger partial charge in [0.05, 0.1) is 32.2 Å². The van der Waals surface area contributed by atoms with E-state index in [2.05, 4.69) is 9.97 Å². The number of carbonyl (C=O) groups is 1. The topological polar surface area (TPSA) is 80.6 Å². The minimum Gasteiger partial charge on any atom is -0.377 e. The lowest BCUT2D eigenvalue weighted by atomic mass is 10.1. The van der Waals surface area contributed by atoms with Crippen LogP contribution in [0.4, 0.5) is 24.9 Å². The van der Waals surface area contributed by atoms with Gasteiger partial charge in [0.15, 0.2) is 5.78 Å². The van der Waals surface area contributed by atoms with E-state index in [4.69, 9.17) is 4.74 Å². The average molecular weight is 451 g/mol. The Morgan fingerprint density at radius 3 is 2.78 bits per heavy atom. The van der Waals surface area contributed by atoms with E-state index in [-0.39, 0.29) is 31.4 Å². The lowest BCUT2D eigenvalue weighted by Gasteiger charge is -2.40. The van der Waals surface area contributed by atoms with E-state index >= 15 is 0 Å². The van der Waals surface area contributed by atoms with Crippen LogP contribution in [0.1, 0.15) is 19.0 Å². The van der Waals surface area contributed by atoms with Gasteiger partial charge in [-0.05, 0) is 25.5 Å². The van der Waals surface area contributed by atoms with Crippen molar-refractivity contribution < 1.29 is 22.7 Å². The number of nitrogens with zero attached hydrogens (tertiary/aromatic N) is 5. The molecule has 0 N–H and O–H groups in total. The fraction of sp³-hybridized carbons (Fsp3) is 0.524. The van der Waals surface area contributed by atoms with Crippen LogP contribution in [-0.2, 0) is 22.5 Å². The van der Waals surface area contributed by atoms with Gasteiger partial charge in [0.2, 0.25) is 5.95 Å². The lowest BCUT2D eigenvalue weighted by molar-refractivity contribution is -0.153. The number of aromatic nitrogens is 3. The first kappa shape index (κ1) is 22.3. The second-order valence-corrected chi connectivity index (χ2v) is 8.03. The highest BCUT2D eigenvalue weighted by atomic mass is 19.4. The van der Waals surface area contributed by atoms with Crippen LogP contribution in [0.15, 0.2) is 35.3 Å². The quantitative estimate of drug-likeness (QED) is 0.686. The molecule has 0 aromatic carbocycles. The van der Waals surface area contributed by atoms with Crippen molar-refractivity contribution in [2.45, 2.75) is 44.6 Å². The van der Waals surface area contributed by atoms with Gasteiger partial charge in [0.1, 0.15) is 11.9 Å². The Balaban J connectivity index is 1.69. The standard InChI is InChI=1S/C21H24F3N5O3/c1-14-13-32-9-8-27(14)18-11-19(31)28-7-5-17(21(22,23)24)29(20(28)26-18)12-16(30)10-15-4-2-3-6-25-15/h2-4,6,11,14,17H,5,7-10,12-13H2,1H3. The second-order valence-electron chi connectivity index (χ2n) is 8.03. The van der Waals surface area contributed by atoms with Gasteiger partial charge in [-0.15, -0.1) is 0 Å². The fourth-order valence-corrected chi connectivity index (χ4v) is 4.14. The summed E-state index contributed by atoms with van der Waals surface area (Å²) in [7, 11) is 0. The Kier molecular flexibility index (Phi) is 6.18. The molecule has 4 heterocycles. The Bertz CT molecular complexity index is 1030. The molecule has 0 radical (unpaired) electrons. The molecule has 2 unspecified atom stereocenters. The highest BCUT2D eigenvalue weighted by Gasteiger charge is 2.47. The molecule has 172 valence electrons. The van der Waals surface area contributed by atoms with E-state index in [1.807, 2.05) is 11.8 Å². The zero-order chi connectivity index (χ0) is 22.9. The van der Waals surface area contributed by atoms with E-state index in [0.717, 1.165) is 4.90 Å². The van der Waals surface area contributed by atoms with Crippen LogP contribution in [0.25, 0.3) is 0 Å². The van der Waals surface area contributed by atoms with E-state index in [0.29, 0.717) is 31.3 Å². The monoisotopic (exact) mass is 451 g/mol. The Morgan fingerprint density at radius 2 is 2.09 bits per heavy atom. The first-order valence-electron chi connectivity index (χ1n) is 10.5. The Hall–Kier alpha value is -2.95. The molecule has 8 nitrogen and oxygen atoms in total. The molecule has 2 aliphatic heterocycles. The van der Waals surface area contributed by atoms with Crippen LogP contribution in [0.3, 0.4) is 0 Å². The van der Waals surface area contributed by atoms with E-state index in [1.165, 1.54) is 16.8 Å². The van der Waals surface area contributed by atoms with Gasteiger partial charge in [-0.2, -0.15) is 18.2 Å². The molecule has 11 heteroatoms. The predicted molar refractivity (Wildman–Crippen MR) is 111 cm³/mol. The van der Waals surface area contributed by atoms with Gasteiger partial charge >= 0.3 is 6.18 Å². The first-order valence-corrected chi connectivity index (χ1v) is 10.5. The van der Waals surface area contributed by atoms with Crippen LogP contribution in [0, 0.1) is 0 Å². The van der Waals surface area contributed by atoms with Gasteiger partial charge in [0.25, 0.3) is 5.56 Å². The van der Waals surface area contributed by atoms with Crippen LogP contribution < -0.4 is 15.4 Å². The van der Waals surface area contributed by atoms with Gasteiger partial charge in [-0.25, -0.2) is 0 Å². The molecule has 0 saturated carbocycles. The molecule has 2 aromatic heterocycles. The van der Waals surface area contributed by atoms with Crippen molar-refractivity contribution in [1.82, 2.24) is 14.5 Å². The summed E-state index contributed by atoms with van der Waals surface area (Å²) in [6.07, 6.45) is -3.49. The number of rotatable bonds is 5. The van der Waals surface area contributed by atoms with E-state index in [9.17, 15) is 22.8 Å². The van der Waals surface area contributed by atoms with E-state index < -0.39 is 30.1 Å². The number of ketones is 1. The van der Waals surface area contributed by atoms with Crippen LogP contribution >= 0.6 is 0 Å². The molecule has 1 fully saturated rings. The summed E-state index contributed by atoms with van der Waals surface area (Å²) in [6, 6.07) is 4.40.